The predicted octanol–water partition coefficient (Wildman–Crippen LogP) is 3.93. The first kappa shape index (κ1) is 18.0. The normalized spacial score (nSPS) is 19.5. The Morgan fingerprint density at radius 3 is 2.62 bits per heavy atom. The van der Waals surface area contributed by atoms with Crippen LogP contribution in [0.5, 0.6) is 0 Å². The number of aromatic nitrogens is 1. The number of benzene rings is 2. The first-order chi connectivity index (χ1) is 14.1. The summed E-state index contributed by atoms with van der Waals surface area (Å²) in [5, 5.41) is 0.957. The van der Waals surface area contributed by atoms with E-state index in [1.807, 2.05) is 29.2 Å². The van der Waals surface area contributed by atoms with Gasteiger partial charge in [-0.25, -0.2) is 4.98 Å². The molecule has 1 atom stereocenters. The summed E-state index contributed by atoms with van der Waals surface area (Å²) in [5.41, 5.74) is 1.92. The van der Waals surface area contributed by atoms with E-state index in [1.165, 1.54) is 4.90 Å². The quantitative estimate of drug-likeness (QED) is 0.619. The second-order valence-corrected chi connectivity index (χ2v) is 8.41. The fourth-order valence-corrected chi connectivity index (χ4v) is 5.22. The van der Waals surface area contributed by atoms with E-state index in [2.05, 4.69) is 0 Å². The number of para-hydroxylation sites is 1. The van der Waals surface area contributed by atoms with Crippen LogP contribution >= 0.6 is 11.3 Å². The molecule has 2 aromatic carbocycles. The van der Waals surface area contributed by atoms with Gasteiger partial charge in [-0.1, -0.05) is 18.2 Å². The van der Waals surface area contributed by atoms with Crippen LogP contribution in [0.4, 0.5) is 5.69 Å². The third-order valence-electron chi connectivity index (χ3n) is 5.51. The fraction of sp³-hybridized carbons (Fsp3) is 0.273. The van der Waals surface area contributed by atoms with Gasteiger partial charge in [-0.2, -0.15) is 0 Å². The lowest BCUT2D eigenvalue weighted by Crippen LogP contribution is -2.31. The largest absolute Gasteiger partial charge is 0.329 e. The van der Waals surface area contributed by atoms with Crippen LogP contribution in [0.15, 0.2) is 48.5 Å². The van der Waals surface area contributed by atoms with E-state index in [4.69, 9.17) is 4.98 Å². The summed E-state index contributed by atoms with van der Waals surface area (Å²) in [6, 6.07) is 14.8. The van der Waals surface area contributed by atoms with Crippen LogP contribution in [-0.4, -0.2) is 34.2 Å². The molecule has 0 bridgehead atoms. The molecule has 0 radical (unpaired) electrons. The monoisotopic (exact) mass is 405 g/mol. The van der Waals surface area contributed by atoms with Crippen LogP contribution in [0.2, 0.25) is 0 Å². The maximum Gasteiger partial charge on any atom is 0.254 e. The topological polar surface area (TPSA) is 70.6 Å². The third kappa shape index (κ3) is 3.11. The standard InChI is InChI=1S/C22H19N3O3S/c26-19-10-11-20(27)25(19)15-6-3-5-14(13-15)22(28)24-12-4-8-17(24)21-23-16-7-1-2-9-18(16)29-21/h1-3,5-7,9,13,17H,4,8,10-12H2. The number of rotatable bonds is 3. The van der Waals surface area contributed by atoms with Crippen molar-refractivity contribution in [3.8, 4) is 0 Å². The average molecular weight is 405 g/mol. The minimum absolute atomic E-state index is 0.0430. The second kappa shape index (κ2) is 7.08. The predicted molar refractivity (Wildman–Crippen MR) is 111 cm³/mol. The van der Waals surface area contributed by atoms with Gasteiger partial charge in [0.1, 0.15) is 5.01 Å². The molecule has 3 amide bonds. The highest BCUT2D eigenvalue weighted by atomic mass is 32.1. The Balaban J connectivity index is 1.44. The SMILES string of the molecule is O=C1CCC(=O)N1c1cccc(C(=O)N2CCCC2c2nc3ccccc3s2)c1. The van der Waals surface area contributed by atoms with E-state index in [9.17, 15) is 14.4 Å². The molecule has 0 spiro atoms. The van der Waals surface area contributed by atoms with Crippen molar-refractivity contribution in [2.75, 3.05) is 11.4 Å². The van der Waals surface area contributed by atoms with Crippen LogP contribution in [0.3, 0.4) is 0 Å². The van der Waals surface area contributed by atoms with Gasteiger partial charge in [0, 0.05) is 24.9 Å². The molecule has 5 rings (SSSR count). The van der Waals surface area contributed by atoms with E-state index in [-0.39, 0.29) is 36.6 Å². The van der Waals surface area contributed by atoms with Crippen molar-refractivity contribution in [3.63, 3.8) is 0 Å². The molecule has 1 aromatic heterocycles. The number of anilines is 1. The van der Waals surface area contributed by atoms with Crippen LogP contribution in [0, 0.1) is 0 Å². The highest BCUT2D eigenvalue weighted by molar-refractivity contribution is 7.18. The van der Waals surface area contributed by atoms with Crippen LogP contribution in [0.1, 0.15) is 47.1 Å². The molecule has 2 saturated heterocycles. The van der Waals surface area contributed by atoms with E-state index in [0.29, 0.717) is 17.8 Å². The Hall–Kier alpha value is -3.06. The lowest BCUT2D eigenvalue weighted by molar-refractivity contribution is -0.121. The maximum absolute atomic E-state index is 13.3. The van der Waals surface area contributed by atoms with Crippen molar-refractivity contribution in [1.82, 2.24) is 9.88 Å². The Kier molecular flexibility index (Phi) is 4.39. The Labute approximate surface area is 171 Å². The molecular formula is C22H19N3O3S. The summed E-state index contributed by atoms with van der Waals surface area (Å²) in [4.78, 5) is 45.2. The van der Waals surface area contributed by atoms with Crippen molar-refractivity contribution in [2.45, 2.75) is 31.7 Å². The number of imide groups is 1. The average Bonchev–Trinajstić information content (AvgIpc) is 3.45. The molecule has 2 aliphatic heterocycles. The highest BCUT2D eigenvalue weighted by Gasteiger charge is 2.34. The minimum atomic E-state index is -0.215. The number of amides is 3. The van der Waals surface area contributed by atoms with Crippen molar-refractivity contribution in [1.29, 1.82) is 0 Å². The van der Waals surface area contributed by atoms with Crippen LogP contribution in [0.25, 0.3) is 10.2 Å². The number of nitrogens with zero attached hydrogens (tertiary/aromatic N) is 3. The Morgan fingerprint density at radius 1 is 1.03 bits per heavy atom. The van der Waals surface area contributed by atoms with Gasteiger partial charge in [-0.05, 0) is 43.2 Å². The minimum Gasteiger partial charge on any atom is -0.329 e. The molecule has 2 aliphatic rings. The number of likely N-dealkylation sites (tertiary alicyclic amines) is 1. The van der Waals surface area contributed by atoms with Gasteiger partial charge in [0.05, 0.1) is 21.9 Å². The van der Waals surface area contributed by atoms with Crippen LogP contribution < -0.4 is 4.90 Å². The first-order valence-corrected chi connectivity index (χ1v) is 10.6. The van der Waals surface area contributed by atoms with Crippen molar-refractivity contribution >= 4 is 45.0 Å². The summed E-state index contributed by atoms with van der Waals surface area (Å²) in [5.74, 6) is -0.519. The van der Waals surface area contributed by atoms with Gasteiger partial charge in [-0.3, -0.25) is 19.3 Å². The molecule has 6 nitrogen and oxygen atoms in total. The summed E-state index contributed by atoms with van der Waals surface area (Å²) in [7, 11) is 0. The molecule has 146 valence electrons. The van der Waals surface area contributed by atoms with E-state index < -0.39 is 0 Å². The molecule has 1 unspecified atom stereocenters. The highest BCUT2D eigenvalue weighted by Crippen LogP contribution is 2.37. The summed E-state index contributed by atoms with van der Waals surface area (Å²) in [6.07, 6.45) is 2.26. The Morgan fingerprint density at radius 2 is 1.83 bits per heavy atom. The van der Waals surface area contributed by atoms with Gasteiger partial charge in [0.25, 0.3) is 5.91 Å². The van der Waals surface area contributed by atoms with Crippen molar-refractivity contribution in [2.24, 2.45) is 0 Å². The van der Waals surface area contributed by atoms with Gasteiger partial charge in [-0.15, -0.1) is 11.3 Å². The van der Waals surface area contributed by atoms with E-state index in [1.54, 1.807) is 35.6 Å². The molecule has 7 heteroatoms. The first-order valence-electron chi connectivity index (χ1n) is 9.74. The molecule has 0 aliphatic carbocycles. The lowest BCUT2D eigenvalue weighted by atomic mass is 10.1. The van der Waals surface area contributed by atoms with E-state index in [0.717, 1.165) is 28.1 Å². The molecule has 3 heterocycles. The molecule has 2 fully saturated rings. The molecular weight excluding hydrogens is 386 g/mol. The fourth-order valence-electron chi connectivity index (χ4n) is 4.11. The van der Waals surface area contributed by atoms with Gasteiger partial charge >= 0.3 is 0 Å². The zero-order valence-corrected chi connectivity index (χ0v) is 16.5. The smallest absolute Gasteiger partial charge is 0.254 e. The number of hydrogen-bond acceptors (Lipinski definition) is 5. The van der Waals surface area contributed by atoms with Gasteiger partial charge in [0.15, 0.2) is 0 Å². The summed E-state index contributed by atoms with van der Waals surface area (Å²) >= 11 is 1.63. The number of carbonyl (C=O) groups excluding carboxylic acids is 3. The van der Waals surface area contributed by atoms with Gasteiger partial charge in [0.2, 0.25) is 11.8 Å². The number of thiazole rings is 1. The Bertz CT molecular complexity index is 1090. The van der Waals surface area contributed by atoms with Crippen LogP contribution in [-0.2, 0) is 9.59 Å². The van der Waals surface area contributed by atoms with Crippen molar-refractivity contribution < 1.29 is 14.4 Å². The lowest BCUT2D eigenvalue weighted by Gasteiger charge is -2.24. The summed E-state index contributed by atoms with van der Waals surface area (Å²) < 4.78 is 1.12. The third-order valence-corrected chi connectivity index (χ3v) is 6.65. The summed E-state index contributed by atoms with van der Waals surface area (Å²) in [6.45, 7) is 0.672. The number of hydrogen-bond donors (Lipinski definition) is 0. The van der Waals surface area contributed by atoms with E-state index >= 15 is 0 Å². The molecule has 0 saturated carbocycles. The molecule has 29 heavy (non-hydrogen) atoms. The van der Waals surface area contributed by atoms with Crippen molar-refractivity contribution in [3.05, 3.63) is 59.1 Å². The molecule has 0 N–H and O–H groups in total. The zero-order valence-electron chi connectivity index (χ0n) is 15.7. The van der Waals surface area contributed by atoms with Gasteiger partial charge < -0.3 is 4.90 Å². The molecule has 3 aromatic rings. The maximum atomic E-state index is 13.3. The zero-order chi connectivity index (χ0) is 20.0. The number of fused-ring (bicyclic) bond motifs is 1. The second-order valence-electron chi connectivity index (χ2n) is 7.35. The number of carbonyl (C=O) groups is 3.